The topological polar surface area (TPSA) is 60.7 Å². The number of fused-ring (bicyclic) bond motifs is 1. The van der Waals surface area contributed by atoms with Crippen LogP contribution in [0.3, 0.4) is 0 Å². The van der Waals surface area contributed by atoms with Crippen molar-refractivity contribution in [2.24, 2.45) is 0 Å². The second-order valence-electron chi connectivity index (χ2n) is 6.78. The van der Waals surface area contributed by atoms with Crippen LogP contribution in [0.25, 0.3) is 10.9 Å². The normalized spacial score (nSPS) is 10.9. The zero-order valence-electron chi connectivity index (χ0n) is 16.0. The third-order valence-corrected chi connectivity index (χ3v) is 5.20. The zero-order valence-corrected chi connectivity index (χ0v) is 17.5. The number of aromatic nitrogens is 1. The van der Waals surface area contributed by atoms with E-state index in [1.165, 1.54) is 6.07 Å². The molecule has 31 heavy (non-hydrogen) atoms. The first-order valence-corrected chi connectivity index (χ1v) is 10.00. The van der Waals surface area contributed by atoms with Crippen molar-refractivity contribution in [2.75, 3.05) is 0 Å². The Morgan fingerprint density at radius 1 is 0.968 bits per heavy atom. The minimum atomic E-state index is -1.37. The lowest BCUT2D eigenvalue weighted by Gasteiger charge is -2.14. The van der Waals surface area contributed by atoms with E-state index in [0.29, 0.717) is 33.3 Å². The summed E-state index contributed by atoms with van der Waals surface area (Å²) in [6.45, 7) is 0.430. The number of benzene rings is 3. The van der Waals surface area contributed by atoms with Gasteiger partial charge >= 0.3 is 6.16 Å². The Morgan fingerprint density at radius 2 is 1.74 bits per heavy atom. The van der Waals surface area contributed by atoms with Gasteiger partial charge in [0.25, 0.3) is 0 Å². The van der Waals surface area contributed by atoms with E-state index in [1.54, 1.807) is 48.5 Å². The van der Waals surface area contributed by atoms with Gasteiger partial charge in [-0.3, -0.25) is 0 Å². The van der Waals surface area contributed by atoms with E-state index in [4.69, 9.17) is 37.8 Å². The number of nitrogens with zero attached hydrogens (tertiary/aromatic N) is 1. The monoisotopic (exact) mass is 459 g/mol. The summed E-state index contributed by atoms with van der Waals surface area (Å²) in [7, 11) is 0. The van der Waals surface area contributed by atoms with Gasteiger partial charge in [0.2, 0.25) is 0 Å². The molecular formula is C23H16Cl2FNO4. The number of hydrogen-bond donors (Lipinski definition) is 1. The van der Waals surface area contributed by atoms with Gasteiger partial charge in [0.15, 0.2) is 0 Å². The highest BCUT2D eigenvalue weighted by atomic mass is 35.5. The summed E-state index contributed by atoms with van der Waals surface area (Å²) in [5.74, 6) is 0.369. The molecule has 0 spiro atoms. The molecule has 158 valence electrons. The molecule has 0 aliphatic carbocycles. The van der Waals surface area contributed by atoms with Crippen molar-refractivity contribution in [2.45, 2.75) is 13.2 Å². The zero-order chi connectivity index (χ0) is 22.0. The average Bonchev–Trinajstić information content (AvgIpc) is 3.12. The number of halogens is 3. The first kappa shape index (κ1) is 21.0. The molecular weight excluding hydrogens is 444 g/mol. The first-order chi connectivity index (χ1) is 14.9. The van der Waals surface area contributed by atoms with Crippen molar-refractivity contribution in [1.29, 1.82) is 0 Å². The summed E-state index contributed by atoms with van der Waals surface area (Å²) in [6, 6.07) is 16.6. The average molecular weight is 460 g/mol. The molecule has 0 aliphatic rings. The molecule has 0 aliphatic heterocycles. The van der Waals surface area contributed by atoms with Crippen LogP contribution < -0.4 is 9.47 Å². The van der Waals surface area contributed by atoms with Crippen LogP contribution in [0, 0.1) is 5.82 Å². The van der Waals surface area contributed by atoms with Crippen molar-refractivity contribution >= 4 is 40.3 Å². The van der Waals surface area contributed by atoms with E-state index < -0.39 is 12.0 Å². The van der Waals surface area contributed by atoms with Crippen molar-refractivity contribution in [1.82, 2.24) is 4.57 Å². The van der Waals surface area contributed by atoms with Gasteiger partial charge in [-0.2, -0.15) is 0 Å². The summed E-state index contributed by atoms with van der Waals surface area (Å²) in [5, 5.41) is 10.4. The third-order valence-electron chi connectivity index (χ3n) is 4.73. The summed E-state index contributed by atoms with van der Waals surface area (Å²) in [4.78, 5) is 10.9. The molecule has 0 saturated carbocycles. The molecule has 1 aromatic heterocycles. The molecule has 0 fully saturated rings. The first-order valence-electron chi connectivity index (χ1n) is 9.24. The van der Waals surface area contributed by atoms with Crippen molar-refractivity contribution in [3.8, 4) is 11.5 Å². The molecule has 0 bridgehead atoms. The Morgan fingerprint density at radius 3 is 2.52 bits per heavy atom. The van der Waals surface area contributed by atoms with E-state index in [2.05, 4.69) is 0 Å². The maximum absolute atomic E-state index is 14.1. The number of rotatable bonds is 6. The van der Waals surface area contributed by atoms with E-state index in [9.17, 15) is 9.18 Å². The number of carboxylic acid groups (broad SMARTS) is 1. The van der Waals surface area contributed by atoms with Gasteiger partial charge in [0, 0.05) is 32.8 Å². The van der Waals surface area contributed by atoms with Crippen LogP contribution in [0.4, 0.5) is 9.18 Å². The van der Waals surface area contributed by atoms with E-state index in [0.717, 1.165) is 11.1 Å². The predicted octanol–water partition coefficient (Wildman–Crippen LogP) is 6.77. The second kappa shape index (κ2) is 8.88. The Kier molecular flexibility index (Phi) is 6.02. The molecule has 4 rings (SSSR count). The van der Waals surface area contributed by atoms with Crippen LogP contribution in [-0.2, 0) is 13.2 Å². The second-order valence-corrected chi connectivity index (χ2v) is 7.65. The highest BCUT2D eigenvalue weighted by Crippen LogP contribution is 2.30. The van der Waals surface area contributed by atoms with Gasteiger partial charge in [-0.05, 0) is 48.5 Å². The smallest absolute Gasteiger partial charge is 0.488 e. The minimum Gasteiger partial charge on any atom is -0.488 e. The van der Waals surface area contributed by atoms with Gasteiger partial charge in [0.05, 0.1) is 12.1 Å². The van der Waals surface area contributed by atoms with E-state index in [-0.39, 0.29) is 12.4 Å². The van der Waals surface area contributed by atoms with Gasteiger partial charge in [0.1, 0.15) is 23.9 Å². The highest BCUT2D eigenvalue weighted by Gasteiger charge is 2.13. The van der Waals surface area contributed by atoms with Crippen LogP contribution in [0.5, 0.6) is 11.5 Å². The largest absolute Gasteiger partial charge is 0.511 e. The SMILES string of the molecule is O=C(O)Oc1cccc2c1ccn2Cc1cc(Cl)ccc1OCc1ccc(Cl)cc1F. The van der Waals surface area contributed by atoms with E-state index >= 15 is 0 Å². The number of ether oxygens (including phenoxy) is 2. The lowest BCUT2D eigenvalue weighted by molar-refractivity contribution is 0.145. The van der Waals surface area contributed by atoms with Crippen LogP contribution in [0.15, 0.2) is 66.9 Å². The molecule has 8 heteroatoms. The Labute approximate surface area is 187 Å². The molecule has 1 N–H and O–H groups in total. The van der Waals surface area contributed by atoms with Gasteiger partial charge < -0.3 is 19.1 Å². The Hall–Kier alpha value is -3.22. The third kappa shape index (κ3) is 4.76. The molecule has 0 radical (unpaired) electrons. The van der Waals surface area contributed by atoms with Crippen molar-refractivity contribution < 1.29 is 23.8 Å². The maximum Gasteiger partial charge on any atom is 0.511 e. The molecule has 0 saturated heterocycles. The molecule has 1 heterocycles. The fourth-order valence-corrected chi connectivity index (χ4v) is 3.66. The molecule has 4 aromatic rings. The molecule has 3 aromatic carbocycles. The molecule has 5 nitrogen and oxygen atoms in total. The molecule has 0 unspecified atom stereocenters. The fourth-order valence-electron chi connectivity index (χ4n) is 3.31. The van der Waals surface area contributed by atoms with Crippen LogP contribution in [-0.4, -0.2) is 15.8 Å². The van der Waals surface area contributed by atoms with Crippen LogP contribution in [0.2, 0.25) is 10.0 Å². The van der Waals surface area contributed by atoms with E-state index in [1.807, 2.05) is 16.8 Å². The molecule has 0 atom stereocenters. The Balaban J connectivity index is 1.62. The number of carbonyl (C=O) groups is 1. The fraction of sp³-hybridized carbons (Fsp3) is 0.0870. The Bertz CT molecular complexity index is 1270. The predicted molar refractivity (Wildman–Crippen MR) is 117 cm³/mol. The minimum absolute atomic E-state index is 0.0284. The lowest BCUT2D eigenvalue weighted by atomic mass is 10.2. The lowest BCUT2D eigenvalue weighted by Crippen LogP contribution is -2.05. The summed E-state index contributed by atoms with van der Waals surface area (Å²) >= 11 is 12.0. The molecule has 0 amide bonds. The van der Waals surface area contributed by atoms with Crippen LogP contribution >= 0.6 is 23.2 Å². The summed E-state index contributed by atoms with van der Waals surface area (Å²) in [6.07, 6.45) is 0.448. The van der Waals surface area contributed by atoms with Crippen molar-refractivity contribution in [3.05, 3.63) is 93.8 Å². The van der Waals surface area contributed by atoms with Gasteiger partial charge in [-0.15, -0.1) is 0 Å². The number of hydrogen-bond acceptors (Lipinski definition) is 3. The quantitative estimate of drug-likeness (QED) is 0.255. The van der Waals surface area contributed by atoms with Gasteiger partial charge in [-0.1, -0.05) is 35.3 Å². The van der Waals surface area contributed by atoms with Crippen LogP contribution in [0.1, 0.15) is 11.1 Å². The summed E-state index contributed by atoms with van der Waals surface area (Å²) < 4.78 is 26.7. The highest BCUT2D eigenvalue weighted by molar-refractivity contribution is 6.30. The van der Waals surface area contributed by atoms with Gasteiger partial charge in [-0.25, -0.2) is 9.18 Å². The van der Waals surface area contributed by atoms with Crippen molar-refractivity contribution in [3.63, 3.8) is 0 Å². The summed E-state index contributed by atoms with van der Waals surface area (Å²) in [5.41, 5.74) is 1.95. The standard InChI is InChI=1S/C23H16Cl2FNO4/c24-16-6-7-21(30-13-14-4-5-17(25)11-19(14)26)15(10-16)12-27-9-8-18-20(27)2-1-3-22(18)31-23(28)29/h1-11H,12-13H2,(H,28,29). The maximum atomic E-state index is 14.1.